The third-order valence-electron chi connectivity index (χ3n) is 2.41. The minimum absolute atomic E-state index is 0.255. The third-order valence-corrected chi connectivity index (χ3v) is 4.16. The van der Waals surface area contributed by atoms with E-state index in [0.717, 1.165) is 10.0 Å². The first-order chi connectivity index (χ1) is 8.49. The summed E-state index contributed by atoms with van der Waals surface area (Å²) in [5, 5.41) is 3.35. The molecule has 0 aliphatic carbocycles. The molecule has 0 bridgehead atoms. The van der Waals surface area contributed by atoms with Crippen molar-refractivity contribution in [3.8, 4) is 0 Å². The lowest BCUT2D eigenvalue weighted by Gasteiger charge is -2.08. The molecule has 0 saturated heterocycles. The second kappa shape index (κ2) is 5.34. The number of aryl methyl sites for hydroxylation is 1. The number of aromatic nitrogens is 1. The molecule has 1 heterocycles. The number of amides is 1. The van der Waals surface area contributed by atoms with E-state index in [-0.39, 0.29) is 11.1 Å². The van der Waals surface area contributed by atoms with Gasteiger partial charge >= 0.3 is 0 Å². The lowest BCUT2D eigenvalue weighted by atomic mass is 10.2. The number of carbonyl (C=O) groups is 1. The molecule has 0 aliphatic heterocycles. The molecule has 1 aromatic heterocycles. The van der Waals surface area contributed by atoms with Crippen LogP contribution in [-0.4, -0.2) is 10.9 Å². The van der Waals surface area contributed by atoms with Crippen molar-refractivity contribution in [1.82, 2.24) is 4.98 Å². The molecule has 3 nitrogen and oxygen atoms in total. The van der Waals surface area contributed by atoms with E-state index in [1.54, 1.807) is 6.07 Å². The monoisotopic (exact) mass is 346 g/mol. The van der Waals surface area contributed by atoms with Gasteiger partial charge in [-0.05, 0) is 40.5 Å². The smallest absolute Gasteiger partial charge is 0.272 e. The van der Waals surface area contributed by atoms with Gasteiger partial charge in [0.2, 0.25) is 0 Å². The molecule has 1 amide bonds. The Kier molecular flexibility index (Phi) is 4.00. The van der Waals surface area contributed by atoms with Gasteiger partial charge < -0.3 is 10.3 Å². The first-order valence-corrected chi connectivity index (χ1v) is 6.64. The Morgan fingerprint density at radius 2 is 2.11 bits per heavy atom. The van der Waals surface area contributed by atoms with Crippen molar-refractivity contribution >= 4 is 50.7 Å². The van der Waals surface area contributed by atoms with Crippen molar-refractivity contribution in [2.45, 2.75) is 6.92 Å². The van der Waals surface area contributed by atoms with Gasteiger partial charge in [0.25, 0.3) is 5.91 Å². The fourth-order valence-electron chi connectivity index (χ4n) is 1.46. The average Bonchev–Trinajstić information content (AvgIpc) is 2.66. The maximum absolute atomic E-state index is 12.0. The van der Waals surface area contributed by atoms with E-state index in [2.05, 4.69) is 26.2 Å². The Morgan fingerprint density at radius 1 is 1.39 bits per heavy atom. The van der Waals surface area contributed by atoms with Crippen molar-refractivity contribution in [2.75, 3.05) is 5.32 Å². The molecule has 0 saturated carbocycles. The van der Waals surface area contributed by atoms with Crippen molar-refractivity contribution in [3.05, 3.63) is 50.2 Å². The van der Waals surface area contributed by atoms with Gasteiger partial charge in [0.05, 0.1) is 10.7 Å². The fourth-order valence-corrected chi connectivity index (χ4v) is 2.14. The maximum atomic E-state index is 12.0. The van der Waals surface area contributed by atoms with E-state index in [9.17, 15) is 4.79 Å². The number of benzene rings is 1. The fraction of sp³-hybridized carbons (Fsp3) is 0.0833. The van der Waals surface area contributed by atoms with Crippen LogP contribution >= 0.6 is 39.1 Å². The number of hydrogen-bond acceptors (Lipinski definition) is 1. The number of anilines is 1. The number of carbonyl (C=O) groups excluding carboxylic acids is 1. The maximum Gasteiger partial charge on any atom is 0.272 e. The largest absolute Gasteiger partial charge is 0.340 e. The Bertz CT molecular complexity index is 591. The van der Waals surface area contributed by atoms with Crippen LogP contribution in [0.15, 0.2) is 28.7 Å². The molecular formula is C12H9BrCl2N2O. The first kappa shape index (κ1) is 13.5. The standard InChI is InChI=1S/C12H9BrCl2N2O/c1-6-3-2-4-8(10(6)13)17-12(18)9-5-7(14)11(15)16-9/h2-5,16H,1H3,(H,17,18). The predicted molar refractivity (Wildman–Crippen MR) is 77.6 cm³/mol. The molecule has 0 radical (unpaired) electrons. The summed E-state index contributed by atoms with van der Waals surface area (Å²) in [6.07, 6.45) is 0. The quantitative estimate of drug-likeness (QED) is 0.816. The average molecular weight is 348 g/mol. The van der Waals surface area contributed by atoms with Crippen LogP contribution in [0.4, 0.5) is 5.69 Å². The molecule has 18 heavy (non-hydrogen) atoms. The number of nitrogens with one attached hydrogen (secondary N) is 2. The molecule has 6 heteroatoms. The Balaban J connectivity index is 2.24. The summed E-state index contributed by atoms with van der Waals surface area (Å²) in [4.78, 5) is 14.7. The second-order valence-corrected chi connectivity index (χ2v) is 5.31. The Hall–Kier alpha value is -0.970. The molecular weight excluding hydrogens is 339 g/mol. The molecule has 0 atom stereocenters. The van der Waals surface area contributed by atoms with Gasteiger partial charge in [0.1, 0.15) is 10.8 Å². The normalized spacial score (nSPS) is 10.4. The highest BCUT2D eigenvalue weighted by Crippen LogP contribution is 2.27. The highest BCUT2D eigenvalue weighted by molar-refractivity contribution is 9.10. The molecule has 0 unspecified atom stereocenters. The van der Waals surface area contributed by atoms with Gasteiger partial charge in [-0.1, -0.05) is 35.3 Å². The summed E-state index contributed by atoms with van der Waals surface area (Å²) in [6.45, 7) is 1.95. The predicted octanol–water partition coefficient (Wildman–Crippen LogP) is 4.64. The van der Waals surface area contributed by atoms with E-state index >= 15 is 0 Å². The third kappa shape index (κ3) is 2.71. The second-order valence-electron chi connectivity index (χ2n) is 3.74. The van der Waals surface area contributed by atoms with E-state index in [1.807, 2.05) is 19.1 Å². The summed E-state index contributed by atoms with van der Waals surface area (Å²) in [5.74, 6) is -0.296. The van der Waals surface area contributed by atoms with Crippen LogP contribution in [0, 0.1) is 6.92 Å². The molecule has 1 aromatic carbocycles. The molecule has 0 aliphatic rings. The number of rotatable bonds is 2. The van der Waals surface area contributed by atoms with E-state index < -0.39 is 0 Å². The first-order valence-electron chi connectivity index (χ1n) is 5.09. The molecule has 2 rings (SSSR count). The van der Waals surface area contributed by atoms with Crippen molar-refractivity contribution in [3.63, 3.8) is 0 Å². The van der Waals surface area contributed by atoms with Crippen LogP contribution in [0.5, 0.6) is 0 Å². The summed E-state index contributed by atoms with van der Waals surface area (Å²) in [6, 6.07) is 7.11. The van der Waals surface area contributed by atoms with Gasteiger partial charge in [-0.2, -0.15) is 0 Å². The van der Waals surface area contributed by atoms with Crippen molar-refractivity contribution in [1.29, 1.82) is 0 Å². The molecule has 94 valence electrons. The lowest BCUT2D eigenvalue weighted by Crippen LogP contribution is -2.12. The van der Waals surface area contributed by atoms with Gasteiger partial charge in [-0.3, -0.25) is 4.79 Å². The van der Waals surface area contributed by atoms with Crippen LogP contribution < -0.4 is 5.32 Å². The van der Waals surface area contributed by atoms with Crippen LogP contribution in [0.2, 0.25) is 10.2 Å². The van der Waals surface area contributed by atoms with E-state index in [1.165, 1.54) is 6.07 Å². The van der Waals surface area contributed by atoms with Gasteiger partial charge in [-0.15, -0.1) is 0 Å². The molecule has 0 spiro atoms. The summed E-state index contributed by atoms with van der Waals surface area (Å²) in [7, 11) is 0. The van der Waals surface area contributed by atoms with Crippen molar-refractivity contribution in [2.24, 2.45) is 0 Å². The van der Waals surface area contributed by atoms with E-state index in [0.29, 0.717) is 16.4 Å². The summed E-state index contributed by atoms with van der Waals surface area (Å²) < 4.78 is 0.849. The van der Waals surface area contributed by atoms with Gasteiger partial charge in [0.15, 0.2) is 0 Å². The van der Waals surface area contributed by atoms with Gasteiger partial charge in [0, 0.05) is 4.47 Å². The molecule has 2 aromatic rings. The summed E-state index contributed by atoms with van der Waals surface area (Å²) >= 11 is 15.0. The molecule has 0 fully saturated rings. The minimum Gasteiger partial charge on any atom is -0.340 e. The Morgan fingerprint density at radius 3 is 2.72 bits per heavy atom. The number of H-pyrrole nitrogens is 1. The van der Waals surface area contributed by atoms with Crippen molar-refractivity contribution < 1.29 is 4.79 Å². The van der Waals surface area contributed by atoms with E-state index in [4.69, 9.17) is 23.2 Å². The minimum atomic E-state index is -0.296. The Labute approximate surface area is 123 Å². The highest BCUT2D eigenvalue weighted by atomic mass is 79.9. The SMILES string of the molecule is Cc1cccc(NC(=O)c2cc(Cl)c(Cl)[nH]2)c1Br. The molecule has 2 N–H and O–H groups in total. The zero-order valence-corrected chi connectivity index (χ0v) is 12.4. The zero-order chi connectivity index (χ0) is 13.3. The number of halogens is 3. The van der Waals surface area contributed by atoms with Crippen LogP contribution in [0.3, 0.4) is 0 Å². The van der Waals surface area contributed by atoms with Crippen LogP contribution in [0.1, 0.15) is 16.1 Å². The zero-order valence-electron chi connectivity index (χ0n) is 9.35. The number of aromatic amines is 1. The topological polar surface area (TPSA) is 44.9 Å². The highest BCUT2D eigenvalue weighted by Gasteiger charge is 2.13. The lowest BCUT2D eigenvalue weighted by molar-refractivity contribution is 0.102. The summed E-state index contributed by atoms with van der Waals surface area (Å²) in [5.41, 5.74) is 2.05. The van der Waals surface area contributed by atoms with Crippen LogP contribution in [0.25, 0.3) is 0 Å². The van der Waals surface area contributed by atoms with Crippen LogP contribution in [-0.2, 0) is 0 Å². The van der Waals surface area contributed by atoms with Gasteiger partial charge in [-0.25, -0.2) is 0 Å². The number of hydrogen-bond donors (Lipinski definition) is 2.